The highest BCUT2D eigenvalue weighted by Crippen LogP contribution is 2.32. The van der Waals surface area contributed by atoms with Crippen molar-refractivity contribution < 1.29 is 4.74 Å². The van der Waals surface area contributed by atoms with Crippen molar-refractivity contribution in [2.24, 2.45) is 0 Å². The van der Waals surface area contributed by atoms with E-state index in [2.05, 4.69) is 50.4 Å². The largest absolute Gasteiger partial charge is 0.381 e. The van der Waals surface area contributed by atoms with Gasteiger partial charge in [0.15, 0.2) is 0 Å². The molecule has 1 N–H and O–H groups in total. The van der Waals surface area contributed by atoms with Crippen molar-refractivity contribution in [1.29, 1.82) is 0 Å². The lowest BCUT2D eigenvalue weighted by Gasteiger charge is -2.34. The van der Waals surface area contributed by atoms with Gasteiger partial charge in [-0.1, -0.05) is 15.9 Å². The van der Waals surface area contributed by atoms with Crippen molar-refractivity contribution in [1.82, 2.24) is 4.90 Å². The number of rotatable bonds is 1. The molecule has 1 aromatic carbocycles. The van der Waals surface area contributed by atoms with Crippen molar-refractivity contribution >= 4 is 27.3 Å². The molecule has 0 aromatic heterocycles. The van der Waals surface area contributed by atoms with Crippen LogP contribution in [-0.4, -0.2) is 37.7 Å². The van der Waals surface area contributed by atoms with Gasteiger partial charge in [-0.3, -0.25) is 0 Å². The molecular formula is C13H15BrN2O. The molecule has 3 rings (SSSR count). The first-order chi connectivity index (χ1) is 8.34. The number of nitrogens with zero attached hydrogens (tertiary/aromatic N) is 1. The lowest BCUT2D eigenvalue weighted by atomic mass is 10.0. The Balaban J connectivity index is 1.95. The maximum absolute atomic E-state index is 5.41. The molecule has 3 nitrogen and oxygen atoms in total. The fraction of sp³-hybridized carbons (Fsp3) is 0.385. The van der Waals surface area contributed by atoms with Crippen LogP contribution in [0.15, 0.2) is 28.7 Å². The number of benzene rings is 1. The third kappa shape index (κ3) is 2.19. The van der Waals surface area contributed by atoms with Crippen LogP contribution in [0.1, 0.15) is 5.56 Å². The van der Waals surface area contributed by atoms with Crippen LogP contribution in [0.2, 0.25) is 0 Å². The van der Waals surface area contributed by atoms with Gasteiger partial charge in [0.2, 0.25) is 0 Å². The van der Waals surface area contributed by atoms with Crippen LogP contribution in [0.5, 0.6) is 0 Å². The summed E-state index contributed by atoms with van der Waals surface area (Å²) in [5.41, 5.74) is 3.84. The van der Waals surface area contributed by atoms with E-state index >= 15 is 0 Å². The molecule has 0 unspecified atom stereocenters. The van der Waals surface area contributed by atoms with Gasteiger partial charge in [0.1, 0.15) is 0 Å². The lowest BCUT2D eigenvalue weighted by Crippen LogP contribution is -2.36. The SMILES string of the molecule is Brc1ccc2c(c1)C(N1CCOCC1)=CCN2. The molecule has 2 heterocycles. The molecule has 0 saturated carbocycles. The molecule has 0 bridgehead atoms. The van der Waals surface area contributed by atoms with E-state index in [0.29, 0.717) is 0 Å². The summed E-state index contributed by atoms with van der Waals surface area (Å²) in [6.45, 7) is 4.53. The molecule has 0 atom stereocenters. The third-order valence-electron chi connectivity index (χ3n) is 3.20. The molecule has 0 radical (unpaired) electrons. The zero-order valence-electron chi connectivity index (χ0n) is 9.58. The van der Waals surface area contributed by atoms with Crippen molar-refractivity contribution in [3.8, 4) is 0 Å². The van der Waals surface area contributed by atoms with Crippen LogP contribution in [0, 0.1) is 0 Å². The maximum Gasteiger partial charge on any atom is 0.0642 e. The van der Waals surface area contributed by atoms with Crippen molar-refractivity contribution in [3.05, 3.63) is 34.3 Å². The molecule has 0 spiro atoms. The molecule has 17 heavy (non-hydrogen) atoms. The van der Waals surface area contributed by atoms with Gasteiger partial charge in [-0.25, -0.2) is 0 Å². The number of nitrogens with one attached hydrogen (secondary N) is 1. The highest BCUT2D eigenvalue weighted by atomic mass is 79.9. The van der Waals surface area contributed by atoms with Gasteiger partial charge < -0.3 is 15.0 Å². The Morgan fingerprint density at radius 2 is 2.06 bits per heavy atom. The Bertz CT molecular complexity index is 453. The number of ether oxygens (including phenoxy) is 1. The normalized spacial score (nSPS) is 19.4. The zero-order valence-corrected chi connectivity index (χ0v) is 11.2. The van der Waals surface area contributed by atoms with E-state index in [1.165, 1.54) is 16.9 Å². The van der Waals surface area contributed by atoms with Gasteiger partial charge >= 0.3 is 0 Å². The first-order valence-electron chi connectivity index (χ1n) is 5.91. The van der Waals surface area contributed by atoms with Gasteiger partial charge in [-0.15, -0.1) is 0 Å². The van der Waals surface area contributed by atoms with Gasteiger partial charge in [-0.2, -0.15) is 0 Å². The van der Waals surface area contributed by atoms with E-state index in [1.807, 2.05) is 0 Å². The van der Waals surface area contributed by atoms with E-state index in [0.717, 1.165) is 37.3 Å². The fourth-order valence-corrected chi connectivity index (χ4v) is 2.71. The minimum atomic E-state index is 0.827. The summed E-state index contributed by atoms with van der Waals surface area (Å²) in [7, 11) is 0. The standard InChI is InChI=1S/C13H15BrN2O/c14-10-1-2-12-11(9-10)13(3-4-15-12)16-5-7-17-8-6-16/h1-3,9,15H,4-8H2. The zero-order chi connectivity index (χ0) is 11.7. The number of anilines is 1. The first kappa shape index (κ1) is 11.1. The van der Waals surface area contributed by atoms with Gasteiger partial charge in [-0.05, 0) is 24.3 Å². The van der Waals surface area contributed by atoms with E-state index in [9.17, 15) is 0 Å². The quantitative estimate of drug-likeness (QED) is 0.861. The number of morpholine rings is 1. The van der Waals surface area contributed by atoms with Gasteiger partial charge in [0.05, 0.1) is 13.2 Å². The molecule has 2 aliphatic rings. The molecule has 0 aliphatic carbocycles. The number of halogens is 1. The molecule has 1 aromatic rings. The third-order valence-corrected chi connectivity index (χ3v) is 3.69. The molecule has 0 amide bonds. The minimum Gasteiger partial charge on any atom is -0.381 e. The summed E-state index contributed by atoms with van der Waals surface area (Å²) >= 11 is 3.54. The van der Waals surface area contributed by atoms with Crippen LogP contribution >= 0.6 is 15.9 Å². The smallest absolute Gasteiger partial charge is 0.0642 e. The van der Waals surface area contributed by atoms with Gasteiger partial charge in [0.25, 0.3) is 0 Å². The Morgan fingerprint density at radius 1 is 1.24 bits per heavy atom. The number of fused-ring (bicyclic) bond motifs is 1. The molecular weight excluding hydrogens is 280 g/mol. The Morgan fingerprint density at radius 3 is 2.88 bits per heavy atom. The average molecular weight is 295 g/mol. The number of hydrogen-bond acceptors (Lipinski definition) is 3. The predicted molar refractivity (Wildman–Crippen MR) is 73.0 cm³/mol. The van der Waals surface area contributed by atoms with E-state index in [-0.39, 0.29) is 0 Å². The average Bonchev–Trinajstić information content (AvgIpc) is 2.39. The highest BCUT2D eigenvalue weighted by molar-refractivity contribution is 9.10. The maximum atomic E-state index is 5.41. The van der Waals surface area contributed by atoms with Crippen molar-refractivity contribution in [3.63, 3.8) is 0 Å². The van der Waals surface area contributed by atoms with Crippen LogP contribution in [0.3, 0.4) is 0 Å². The van der Waals surface area contributed by atoms with Crippen molar-refractivity contribution in [2.45, 2.75) is 0 Å². The second-order valence-electron chi connectivity index (χ2n) is 4.26. The Kier molecular flexibility index (Phi) is 3.07. The van der Waals surface area contributed by atoms with E-state index in [4.69, 9.17) is 4.74 Å². The summed E-state index contributed by atoms with van der Waals surface area (Å²) in [5.74, 6) is 0. The van der Waals surface area contributed by atoms with Crippen LogP contribution in [-0.2, 0) is 4.74 Å². The van der Waals surface area contributed by atoms with Crippen LogP contribution < -0.4 is 5.32 Å². The summed E-state index contributed by atoms with van der Waals surface area (Å²) in [5, 5.41) is 3.40. The topological polar surface area (TPSA) is 24.5 Å². The molecule has 4 heteroatoms. The molecule has 2 aliphatic heterocycles. The van der Waals surface area contributed by atoms with Crippen LogP contribution in [0.4, 0.5) is 5.69 Å². The second kappa shape index (κ2) is 4.70. The lowest BCUT2D eigenvalue weighted by molar-refractivity contribution is 0.0639. The van der Waals surface area contributed by atoms with E-state index in [1.54, 1.807) is 0 Å². The number of hydrogen-bond donors (Lipinski definition) is 1. The molecule has 90 valence electrons. The Hall–Kier alpha value is -1.00. The van der Waals surface area contributed by atoms with Crippen LogP contribution in [0.25, 0.3) is 5.70 Å². The summed E-state index contributed by atoms with van der Waals surface area (Å²) in [4.78, 5) is 2.41. The molecule has 1 fully saturated rings. The summed E-state index contributed by atoms with van der Waals surface area (Å²) in [6, 6.07) is 6.39. The monoisotopic (exact) mass is 294 g/mol. The Labute approximate surface area is 110 Å². The predicted octanol–water partition coefficient (Wildman–Crippen LogP) is 2.55. The minimum absolute atomic E-state index is 0.827. The second-order valence-corrected chi connectivity index (χ2v) is 5.18. The van der Waals surface area contributed by atoms with Crippen molar-refractivity contribution in [2.75, 3.05) is 38.2 Å². The van der Waals surface area contributed by atoms with Gasteiger partial charge in [0, 0.05) is 41.1 Å². The highest BCUT2D eigenvalue weighted by Gasteiger charge is 2.19. The summed E-state index contributed by atoms with van der Waals surface area (Å²) < 4.78 is 6.53. The summed E-state index contributed by atoms with van der Waals surface area (Å²) in [6.07, 6.45) is 2.26. The first-order valence-corrected chi connectivity index (χ1v) is 6.70. The fourth-order valence-electron chi connectivity index (χ4n) is 2.35. The molecule has 1 saturated heterocycles. The van der Waals surface area contributed by atoms with E-state index < -0.39 is 0 Å².